The van der Waals surface area contributed by atoms with E-state index in [1.165, 1.54) is 6.08 Å². The Bertz CT molecular complexity index is 544. The summed E-state index contributed by atoms with van der Waals surface area (Å²) < 4.78 is 0. The molecule has 4 heteroatoms. The van der Waals surface area contributed by atoms with Crippen LogP contribution in [0, 0.1) is 11.3 Å². The molecule has 20 heavy (non-hydrogen) atoms. The zero-order valence-electron chi connectivity index (χ0n) is 11.7. The molecule has 0 aliphatic heterocycles. The summed E-state index contributed by atoms with van der Waals surface area (Å²) in [6, 6.07) is 9.77. The SMILES string of the molecule is CC=CC=CC(=O)Nc1ccccc1SC(C)CC#N. The zero-order chi connectivity index (χ0) is 14.8. The van der Waals surface area contributed by atoms with E-state index in [0.717, 1.165) is 10.6 Å². The largest absolute Gasteiger partial charge is 0.321 e. The Morgan fingerprint density at radius 1 is 1.45 bits per heavy atom. The first-order valence-electron chi connectivity index (χ1n) is 6.40. The lowest BCUT2D eigenvalue weighted by Crippen LogP contribution is -2.09. The summed E-state index contributed by atoms with van der Waals surface area (Å²) in [6.07, 6.45) is 7.32. The molecule has 0 saturated carbocycles. The minimum atomic E-state index is -0.163. The third-order valence-electron chi connectivity index (χ3n) is 2.40. The number of nitrogens with zero attached hydrogens (tertiary/aromatic N) is 1. The third kappa shape index (κ3) is 5.77. The number of allylic oxidation sites excluding steroid dienone is 3. The van der Waals surface area contributed by atoms with Crippen LogP contribution in [0.2, 0.25) is 0 Å². The van der Waals surface area contributed by atoms with Gasteiger partial charge in [0.15, 0.2) is 0 Å². The van der Waals surface area contributed by atoms with Gasteiger partial charge in [-0.2, -0.15) is 5.26 Å². The highest BCUT2D eigenvalue weighted by molar-refractivity contribution is 8.00. The lowest BCUT2D eigenvalue weighted by Gasteiger charge is -2.12. The summed E-state index contributed by atoms with van der Waals surface area (Å²) in [4.78, 5) is 12.7. The molecule has 3 nitrogen and oxygen atoms in total. The lowest BCUT2D eigenvalue weighted by molar-refractivity contribution is -0.111. The fourth-order valence-corrected chi connectivity index (χ4v) is 2.48. The molecule has 104 valence electrons. The second-order valence-electron chi connectivity index (χ2n) is 4.16. The van der Waals surface area contributed by atoms with Crippen molar-refractivity contribution in [2.45, 2.75) is 30.4 Å². The van der Waals surface area contributed by atoms with Crippen LogP contribution in [-0.4, -0.2) is 11.2 Å². The normalized spacial score (nSPS) is 12.4. The monoisotopic (exact) mass is 286 g/mol. The number of amides is 1. The highest BCUT2D eigenvalue weighted by Gasteiger charge is 2.09. The quantitative estimate of drug-likeness (QED) is 0.485. The van der Waals surface area contributed by atoms with Gasteiger partial charge in [-0.15, -0.1) is 11.8 Å². The molecule has 0 bridgehead atoms. The van der Waals surface area contributed by atoms with E-state index in [2.05, 4.69) is 11.4 Å². The molecular weight excluding hydrogens is 268 g/mol. The number of rotatable bonds is 6. The summed E-state index contributed by atoms with van der Waals surface area (Å²) in [6.45, 7) is 3.89. The highest BCUT2D eigenvalue weighted by atomic mass is 32.2. The number of nitrogens with one attached hydrogen (secondary N) is 1. The average molecular weight is 286 g/mol. The van der Waals surface area contributed by atoms with E-state index < -0.39 is 0 Å². The molecule has 0 spiro atoms. The van der Waals surface area contributed by atoms with Crippen molar-refractivity contribution in [3.8, 4) is 6.07 Å². The number of hydrogen-bond donors (Lipinski definition) is 1. The maximum absolute atomic E-state index is 11.8. The molecule has 0 saturated heterocycles. The van der Waals surface area contributed by atoms with Crippen molar-refractivity contribution in [3.63, 3.8) is 0 Å². The van der Waals surface area contributed by atoms with Crippen LogP contribution < -0.4 is 5.32 Å². The van der Waals surface area contributed by atoms with Crippen molar-refractivity contribution >= 4 is 23.4 Å². The number of carbonyl (C=O) groups is 1. The molecule has 0 aliphatic rings. The fourth-order valence-electron chi connectivity index (χ4n) is 1.49. The van der Waals surface area contributed by atoms with Crippen LogP contribution in [0.4, 0.5) is 5.69 Å². The van der Waals surface area contributed by atoms with Gasteiger partial charge < -0.3 is 5.32 Å². The average Bonchev–Trinajstić information content (AvgIpc) is 2.41. The van der Waals surface area contributed by atoms with E-state index in [9.17, 15) is 4.79 Å². The molecule has 1 amide bonds. The first kappa shape index (κ1) is 16.1. The molecule has 0 heterocycles. The van der Waals surface area contributed by atoms with Gasteiger partial charge in [0, 0.05) is 22.6 Å². The summed E-state index contributed by atoms with van der Waals surface area (Å²) in [7, 11) is 0. The second kappa shape index (κ2) is 9.00. The number of para-hydroxylation sites is 1. The van der Waals surface area contributed by atoms with E-state index in [0.29, 0.717) is 6.42 Å². The van der Waals surface area contributed by atoms with E-state index in [4.69, 9.17) is 5.26 Å². The Kier molecular flexibility index (Phi) is 7.23. The van der Waals surface area contributed by atoms with Crippen LogP contribution in [-0.2, 0) is 4.79 Å². The van der Waals surface area contributed by atoms with Gasteiger partial charge in [-0.3, -0.25) is 4.79 Å². The summed E-state index contributed by atoms with van der Waals surface area (Å²) in [5.41, 5.74) is 0.775. The van der Waals surface area contributed by atoms with Crippen molar-refractivity contribution < 1.29 is 4.79 Å². The van der Waals surface area contributed by atoms with Crippen LogP contribution in [0.15, 0.2) is 53.5 Å². The summed E-state index contributed by atoms with van der Waals surface area (Å²) >= 11 is 1.59. The van der Waals surface area contributed by atoms with Crippen LogP contribution in [0.1, 0.15) is 20.3 Å². The predicted molar refractivity (Wildman–Crippen MR) is 84.6 cm³/mol. The summed E-state index contributed by atoms with van der Waals surface area (Å²) in [5.74, 6) is -0.163. The first-order valence-corrected chi connectivity index (χ1v) is 7.28. The van der Waals surface area contributed by atoms with Crippen LogP contribution in [0.5, 0.6) is 0 Å². The zero-order valence-corrected chi connectivity index (χ0v) is 12.5. The van der Waals surface area contributed by atoms with Gasteiger partial charge in [-0.05, 0) is 19.1 Å². The van der Waals surface area contributed by atoms with Gasteiger partial charge in [0.25, 0.3) is 0 Å². The Labute approximate surface area is 124 Å². The Morgan fingerprint density at radius 2 is 2.20 bits per heavy atom. The van der Waals surface area contributed by atoms with Gasteiger partial charge in [0.2, 0.25) is 5.91 Å². The molecular formula is C16H18N2OS. The number of hydrogen-bond acceptors (Lipinski definition) is 3. The van der Waals surface area contributed by atoms with E-state index in [1.54, 1.807) is 23.9 Å². The van der Waals surface area contributed by atoms with Gasteiger partial charge in [0.1, 0.15) is 0 Å². The Morgan fingerprint density at radius 3 is 2.90 bits per heavy atom. The molecule has 1 aromatic carbocycles. The Balaban J connectivity index is 2.75. The van der Waals surface area contributed by atoms with Crippen molar-refractivity contribution in [1.82, 2.24) is 0 Å². The van der Waals surface area contributed by atoms with E-state index in [1.807, 2.05) is 44.2 Å². The maximum atomic E-state index is 11.8. The minimum Gasteiger partial charge on any atom is -0.321 e. The highest BCUT2D eigenvalue weighted by Crippen LogP contribution is 2.31. The number of benzene rings is 1. The minimum absolute atomic E-state index is 0.163. The van der Waals surface area contributed by atoms with Crippen LogP contribution >= 0.6 is 11.8 Å². The third-order valence-corrected chi connectivity index (χ3v) is 3.58. The topological polar surface area (TPSA) is 52.9 Å². The van der Waals surface area contributed by atoms with E-state index >= 15 is 0 Å². The molecule has 0 aliphatic carbocycles. The molecule has 1 atom stereocenters. The van der Waals surface area contributed by atoms with Gasteiger partial charge in [-0.25, -0.2) is 0 Å². The van der Waals surface area contributed by atoms with Gasteiger partial charge in [0.05, 0.1) is 11.8 Å². The number of anilines is 1. The van der Waals surface area contributed by atoms with Crippen LogP contribution in [0.25, 0.3) is 0 Å². The number of carbonyl (C=O) groups excluding carboxylic acids is 1. The molecule has 0 aromatic heterocycles. The smallest absolute Gasteiger partial charge is 0.248 e. The van der Waals surface area contributed by atoms with E-state index in [-0.39, 0.29) is 11.2 Å². The number of thioether (sulfide) groups is 1. The van der Waals surface area contributed by atoms with Crippen molar-refractivity contribution in [1.29, 1.82) is 5.26 Å². The molecule has 1 rings (SSSR count). The Hall–Kier alpha value is -1.99. The summed E-state index contributed by atoms with van der Waals surface area (Å²) in [5, 5.41) is 11.7. The standard InChI is InChI=1S/C16H18N2OS/c1-3-4-5-10-16(19)18-14-8-6-7-9-15(14)20-13(2)11-12-17/h3-10,13H,11H2,1-2H3,(H,18,19). The van der Waals surface area contributed by atoms with Crippen LogP contribution in [0.3, 0.4) is 0 Å². The lowest BCUT2D eigenvalue weighted by atomic mass is 10.3. The predicted octanol–water partition coefficient (Wildman–Crippen LogP) is 4.15. The van der Waals surface area contributed by atoms with Crippen molar-refractivity contribution in [2.24, 2.45) is 0 Å². The van der Waals surface area contributed by atoms with Gasteiger partial charge in [-0.1, -0.05) is 37.3 Å². The number of nitriles is 1. The molecule has 0 fully saturated rings. The molecule has 1 N–H and O–H groups in total. The molecule has 1 aromatic rings. The molecule has 1 unspecified atom stereocenters. The first-order chi connectivity index (χ1) is 9.67. The maximum Gasteiger partial charge on any atom is 0.248 e. The fraction of sp³-hybridized carbons (Fsp3) is 0.250. The van der Waals surface area contributed by atoms with Crippen molar-refractivity contribution in [2.75, 3.05) is 5.32 Å². The van der Waals surface area contributed by atoms with Crippen molar-refractivity contribution in [3.05, 3.63) is 48.6 Å². The van der Waals surface area contributed by atoms with Gasteiger partial charge >= 0.3 is 0 Å². The molecule has 0 radical (unpaired) electrons. The second-order valence-corrected chi connectivity index (χ2v) is 5.64.